The Morgan fingerprint density at radius 3 is 2.15 bits per heavy atom. The van der Waals surface area contributed by atoms with Gasteiger partial charge in [0, 0.05) is 23.5 Å². The summed E-state index contributed by atoms with van der Waals surface area (Å²) in [5.74, 6) is -1.41. The molecular weight excluding hydrogens is 553 g/mol. The van der Waals surface area contributed by atoms with E-state index in [9.17, 15) is 22.4 Å². The van der Waals surface area contributed by atoms with Crippen LogP contribution in [0.1, 0.15) is 37.5 Å². The number of benzene rings is 3. The molecular formula is C30H35ClFN3O4S. The third kappa shape index (κ3) is 8.79. The topological polar surface area (TPSA) is 86.8 Å². The van der Waals surface area contributed by atoms with Crippen LogP contribution >= 0.6 is 11.6 Å². The normalized spacial score (nSPS) is 12.5. The molecule has 0 aliphatic carbocycles. The van der Waals surface area contributed by atoms with Gasteiger partial charge in [-0.15, -0.1) is 0 Å². The molecule has 0 unspecified atom stereocenters. The predicted molar refractivity (Wildman–Crippen MR) is 157 cm³/mol. The first-order valence-corrected chi connectivity index (χ1v) is 15.0. The van der Waals surface area contributed by atoms with E-state index in [4.69, 9.17) is 11.6 Å². The number of carbonyl (C=O) groups excluding carboxylic acids is 2. The van der Waals surface area contributed by atoms with Crippen molar-refractivity contribution in [3.63, 3.8) is 0 Å². The lowest BCUT2D eigenvalue weighted by molar-refractivity contribution is -0.140. The highest BCUT2D eigenvalue weighted by Gasteiger charge is 2.34. The molecule has 0 fully saturated rings. The average molecular weight is 588 g/mol. The molecule has 0 bridgehead atoms. The summed E-state index contributed by atoms with van der Waals surface area (Å²) in [6.45, 7) is 6.64. The van der Waals surface area contributed by atoms with Gasteiger partial charge in [0.1, 0.15) is 18.4 Å². The minimum absolute atomic E-state index is 0.0363. The van der Waals surface area contributed by atoms with E-state index >= 15 is 0 Å². The Balaban J connectivity index is 2.09. The van der Waals surface area contributed by atoms with Gasteiger partial charge in [0.15, 0.2) is 0 Å². The van der Waals surface area contributed by atoms with Crippen LogP contribution in [0.15, 0.2) is 72.8 Å². The van der Waals surface area contributed by atoms with Gasteiger partial charge in [-0.1, -0.05) is 54.1 Å². The van der Waals surface area contributed by atoms with Crippen molar-refractivity contribution in [2.24, 2.45) is 0 Å². The van der Waals surface area contributed by atoms with E-state index in [2.05, 4.69) is 5.32 Å². The molecule has 1 atom stereocenters. The molecule has 3 rings (SSSR count). The zero-order chi connectivity index (χ0) is 29.7. The minimum atomic E-state index is -3.90. The number of sulfonamides is 1. The largest absolute Gasteiger partial charge is 0.350 e. The van der Waals surface area contributed by atoms with E-state index in [1.807, 2.05) is 51.1 Å². The summed E-state index contributed by atoms with van der Waals surface area (Å²) in [6.07, 6.45) is 1.21. The van der Waals surface area contributed by atoms with Crippen molar-refractivity contribution in [1.29, 1.82) is 0 Å². The number of anilines is 1. The summed E-state index contributed by atoms with van der Waals surface area (Å²) in [6, 6.07) is 18.6. The summed E-state index contributed by atoms with van der Waals surface area (Å²) in [7, 11) is -3.90. The molecule has 0 spiro atoms. The van der Waals surface area contributed by atoms with Gasteiger partial charge >= 0.3 is 0 Å². The Kier molecular flexibility index (Phi) is 9.97. The highest BCUT2D eigenvalue weighted by molar-refractivity contribution is 7.92. The molecule has 40 heavy (non-hydrogen) atoms. The van der Waals surface area contributed by atoms with E-state index in [1.54, 1.807) is 25.1 Å². The maximum absolute atomic E-state index is 14.1. The number of nitrogens with zero attached hydrogens (tertiary/aromatic N) is 2. The molecule has 0 radical (unpaired) electrons. The average Bonchev–Trinajstić information content (AvgIpc) is 2.85. The van der Waals surface area contributed by atoms with Crippen molar-refractivity contribution < 1.29 is 22.4 Å². The maximum atomic E-state index is 14.1. The van der Waals surface area contributed by atoms with Gasteiger partial charge in [0.05, 0.1) is 11.9 Å². The second-order valence-electron chi connectivity index (χ2n) is 10.8. The second-order valence-corrected chi connectivity index (χ2v) is 13.1. The zero-order valence-corrected chi connectivity index (χ0v) is 24.9. The molecule has 10 heteroatoms. The summed E-state index contributed by atoms with van der Waals surface area (Å²) >= 11 is 6.09. The Morgan fingerprint density at radius 2 is 1.60 bits per heavy atom. The van der Waals surface area contributed by atoms with Crippen molar-refractivity contribution in [1.82, 2.24) is 10.2 Å². The first kappa shape index (κ1) is 31.1. The third-order valence-electron chi connectivity index (χ3n) is 6.14. The zero-order valence-electron chi connectivity index (χ0n) is 23.3. The minimum Gasteiger partial charge on any atom is -0.350 e. The van der Waals surface area contributed by atoms with Crippen LogP contribution in [0.3, 0.4) is 0 Å². The van der Waals surface area contributed by atoms with Gasteiger partial charge in [-0.05, 0) is 74.7 Å². The molecule has 7 nitrogen and oxygen atoms in total. The Bertz CT molecular complexity index is 1440. The Labute approximate surface area is 241 Å². The van der Waals surface area contributed by atoms with Gasteiger partial charge in [-0.3, -0.25) is 13.9 Å². The predicted octanol–water partition coefficient (Wildman–Crippen LogP) is 5.11. The number of hydrogen-bond acceptors (Lipinski definition) is 4. The number of hydrogen-bond donors (Lipinski definition) is 1. The monoisotopic (exact) mass is 587 g/mol. The molecule has 0 heterocycles. The molecule has 214 valence electrons. The molecule has 3 aromatic carbocycles. The second kappa shape index (κ2) is 12.8. The van der Waals surface area contributed by atoms with Crippen molar-refractivity contribution in [2.75, 3.05) is 17.1 Å². The van der Waals surface area contributed by atoms with Crippen LogP contribution < -0.4 is 9.62 Å². The first-order chi connectivity index (χ1) is 18.6. The van der Waals surface area contributed by atoms with Gasteiger partial charge in [0.2, 0.25) is 21.8 Å². The molecule has 2 amide bonds. The van der Waals surface area contributed by atoms with Crippen LogP contribution in [0.4, 0.5) is 10.1 Å². The van der Waals surface area contributed by atoms with E-state index in [0.29, 0.717) is 21.8 Å². The summed E-state index contributed by atoms with van der Waals surface area (Å²) < 4.78 is 40.5. The number of amides is 2. The van der Waals surface area contributed by atoms with E-state index < -0.39 is 39.9 Å². The third-order valence-corrected chi connectivity index (χ3v) is 7.50. The Morgan fingerprint density at radius 1 is 0.975 bits per heavy atom. The molecule has 0 saturated carbocycles. The van der Waals surface area contributed by atoms with Gasteiger partial charge in [-0.2, -0.15) is 0 Å². The van der Waals surface area contributed by atoms with E-state index in [1.165, 1.54) is 29.2 Å². The summed E-state index contributed by atoms with van der Waals surface area (Å²) in [5.41, 5.74) is 1.70. The molecule has 1 N–H and O–H groups in total. The van der Waals surface area contributed by atoms with E-state index in [0.717, 1.165) is 16.1 Å². The van der Waals surface area contributed by atoms with Crippen molar-refractivity contribution >= 4 is 39.1 Å². The lowest BCUT2D eigenvalue weighted by Gasteiger charge is -2.35. The quantitative estimate of drug-likeness (QED) is 0.357. The Hall–Kier alpha value is -3.43. The fraction of sp³-hybridized carbons (Fsp3) is 0.333. The number of rotatable bonds is 10. The van der Waals surface area contributed by atoms with Crippen LogP contribution in [-0.2, 0) is 32.6 Å². The number of carbonyl (C=O) groups is 2. The maximum Gasteiger partial charge on any atom is 0.244 e. The van der Waals surface area contributed by atoms with Gasteiger partial charge in [0.25, 0.3) is 0 Å². The van der Waals surface area contributed by atoms with Crippen LogP contribution in [0, 0.1) is 12.7 Å². The van der Waals surface area contributed by atoms with Crippen molar-refractivity contribution in [3.05, 3.63) is 100 Å². The summed E-state index contributed by atoms with van der Waals surface area (Å²) in [5, 5.41) is 3.39. The fourth-order valence-electron chi connectivity index (χ4n) is 4.29. The smallest absolute Gasteiger partial charge is 0.244 e. The van der Waals surface area contributed by atoms with Gasteiger partial charge in [-0.25, -0.2) is 12.8 Å². The fourth-order valence-corrected chi connectivity index (χ4v) is 5.42. The van der Waals surface area contributed by atoms with Crippen LogP contribution in [0.2, 0.25) is 5.02 Å². The van der Waals surface area contributed by atoms with Crippen LogP contribution in [-0.4, -0.2) is 49.5 Å². The molecule has 0 saturated heterocycles. The SMILES string of the molecule is Cc1cc(Cl)ccc1N(CC(=O)N(Cc1ccc(F)cc1)[C@@H](Cc1ccccc1)C(=O)NC(C)(C)C)S(C)(=O)=O. The van der Waals surface area contributed by atoms with E-state index in [-0.39, 0.29) is 18.9 Å². The van der Waals surface area contributed by atoms with Crippen LogP contribution in [0.25, 0.3) is 0 Å². The molecule has 3 aromatic rings. The molecule has 0 aliphatic heterocycles. The number of halogens is 2. The van der Waals surface area contributed by atoms with Crippen LogP contribution in [0.5, 0.6) is 0 Å². The lowest BCUT2D eigenvalue weighted by atomic mass is 10.0. The van der Waals surface area contributed by atoms with Crippen molar-refractivity contribution in [3.8, 4) is 0 Å². The highest BCUT2D eigenvalue weighted by Crippen LogP contribution is 2.26. The molecule has 0 aliphatic rings. The number of aryl methyl sites for hydroxylation is 1. The van der Waals surface area contributed by atoms with Gasteiger partial charge < -0.3 is 10.2 Å². The van der Waals surface area contributed by atoms with Crippen molar-refractivity contribution in [2.45, 2.75) is 52.2 Å². The first-order valence-electron chi connectivity index (χ1n) is 12.8. The lowest BCUT2D eigenvalue weighted by Crippen LogP contribution is -2.56. The number of nitrogens with one attached hydrogen (secondary N) is 1. The highest BCUT2D eigenvalue weighted by atomic mass is 35.5. The summed E-state index contributed by atoms with van der Waals surface area (Å²) in [4.78, 5) is 29.1. The molecule has 0 aromatic heterocycles. The standard InChI is InChI=1S/C30H35ClFN3O4S/c1-21-17-24(31)13-16-26(21)35(40(5,38)39)20-28(36)34(19-23-11-14-25(32)15-12-23)27(29(37)33-30(2,3)4)18-22-9-7-6-8-10-22/h6-17,27H,18-20H2,1-5H3,(H,33,37)/t27-/m0/s1.